The van der Waals surface area contributed by atoms with E-state index < -0.39 is 0 Å². The molecule has 0 aliphatic heterocycles. The lowest BCUT2D eigenvalue weighted by Crippen LogP contribution is -2.64. The maximum absolute atomic E-state index is 5.23. The van der Waals surface area contributed by atoms with Crippen LogP contribution in [0.25, 0.3) is 0 Å². The smallest absolute Gasteiger partial charge is 0.118 e. The Kier molecular flexibility index (Phi) is 4.60. The zero-order valence-corrected chi connectivity index (χ0v) is 16.9. The van der Waals surface area contributed by atoms with Gasteiger partial charge in [-0.1, -0.05) is 26.0 Å². The van der Waals surface area contributed by atoms with E-state index in [0.29, 0.717) is 16.4 Å². The fourth-order valence-electron chi connectivity index (χ4n) is 6.94. The second-order valence-electron chi connectivity index (χ2n) is 9.74. The van der Waals surface area contributed by atoms with Gasteiger partial charge in [0.05, 0.1) is 7.11 Å². The van der Waals surface area contributed by atoms with Gasteiger partial charge in [0, 0.05) is 23.6 Å². The molecule has 2 atom stereocenters. The molecule has 4 aliphatic rings. The molecule has 1 aromatic carbocycles. The van der Waals surface area contributed by atoms with E-state index in [1.54, 1.807) is 7.11 Å². The minimum Gasteiger partial charge on any atom is -0.497 e. The Morgan fingerprint density at radius 2 is 1.72 bits per heavy atom. The molecular weight excluding hydrogens is 326 g/mol. The van der Waals surface area contributed by atoms with Crippen LogP contribution >= 0.6 is 11.8 Å². The average molecular weight is 360 g/mol. The Morgan fingerprint density at radius 1 is 1.04 bits per heavy atom. The molecule has 0 amide bonds. The van der Waals surface area contributed by atoms with Crippen molar-refractivity contribution >= 4 is 11.8 Å². The normalized spacial score (nSPS) is 38.9. The van der Waals surface area contributed by atoms with Crippen LogP contribution in [0.5, 0.6) is 5.75 Å². The van der Waals surface area contributed by atoms with Gasteiger partial charge in [0.15, 0.2) is 0 Å². The van der Waals surface area contributed by atoms with Crippen molar-refractivity contribution in [2.75, 3.05) is 19.4 Å². The maximum atomic E-state index is 5.23. The predicted molar refractivity (Wildman–Crippen MR) is 107 cm³/mol. The number of benzene rings is 1. The highest BCUT2D eigenvalue weighted by Crippen LogP contribution is 2.66. The van der Waals surface area contributed by atoms with Gasteiger partial charge in [-0.15, -0.1) is 0 Å². The number of rotatable bonds is 7. The maximum Gasteiger partial charge on any atom is 0.118 e. The van der Waals surface area contributed by atoms with Crippen LogP contribution in [0.4, 0.5) is 0 Å². The summed E-state index contributed by atoms with van der Waals surface area (Å²) in [7, 11) is 1.72. The average Bonchev–Trinajstić information content (AvgIpc) is 2.51. The van der Waals surface area contributed by atoms with Crippen LogP contribution in [-0.4, -0.2) is 24.9 Å². The van der Waals surface area contributed by atoms with E-state index in [4.69, 9.17) is 4.74 Å². The van der Waals surface area contributed by atoms with Crippen molar-refractivity contribution < 1.29 is 4.74 Å². The summed E-state index contributed by atoms with van der Waals surface area (Å²) in [5, 5.41) is 4.04. The zero-order chi connectivity index (χ0) is 17.5. The largest absolute Gasteiger partial charge is 0.497 e. The van der Waals surface area contributed by atoms with E-state index in [1.165, 1.54) is 49.8 Å². The first kappa shape index (κ1) is 17.7. The van der Waals surface area contributed by atoms with Crippen LogP contribution in [-0.2, 0) is 5.75 Å². The van der Waals surface area contributed by atoms with Crippen molar-refractivity contribution in [1.29, 1.82) is 0 Å². The molecule has 5 rings (SSSR count). The van der Waals surface area contributed by atoms with Crippen molar-refractivity contribution in [3.05, 3.63) is 29.8 Å². The monoisotopic (exact) mass is 359 g/mol. The molecule has 0 heterocycles. The minimum atomic E-state index is 0.448. The summed E-state index contributed by atoms with van der Waals surface area (Å²) in [5.74, 6) is 4.22. The van der Waals surface area contributed by atoms with E-state index in [0.717, 1.165) is 24.0 Å². The first-order valence-electron chi connectivity index (χ1n) is 9.87. The third-order valence-corrected chi connectivity index (χ3v) is 7.83. The van der Waals surface area contributed by atoms with Crippen LogP contribution in [0.3, 0.4) is 0 Å². The fraction of sp³-hybridized carbons (Fsp3) is 0.727. The number of thioether (sulfide) groups is 1. The molecule has 2 nitrogen and oxygen atoms in total. The highest BCUT2D eigenvalue weighted by molar-refractivity contribution is 7.98. The van der Waals surface area contributed by atoms with Crippen LogP contribution < -0.4 is 10.1 Å². The summed E-state index contributed by atoms with van der Waals surface area (Å²) in [5.41, 5.74) is 3.05. The molecule has 0 radical (unpaired) electrons. The second-order valence-corrected chi connectivity index (χ2v) is 10.8. The molecular formula is C22H33NOS. The summed E-state index contributed by atoms with van der Waals surface area (Å²) in [6.07, 6.45) is 8.69. The molecule has 2 unspecified atom stereocenters. The lowest BCUT2D eigenvalue weighted by Gasteiger charge is -2.65. The van der Waals surface area contributed by atoms with Crippen LogP contribution in [0, 0.1) is 16.7 Å². The van der Waals surface area contributed by atoms with E-state index in [-0.39, 0.29) is 0 Å². The van der Waals surface area contributed by atoms with E-state index >= 15 is 0 Å². The third-order valence-electron chi connectivity index (χ3n) is 6.80. The Bertz CT molecular complexity index is 595. The Balaban J connectivity index is 1.26. The summed E-state index contributed by atoms with van der Waals surface area (Å²) >= 11 is 2.04. The molecule has 1 aromatic rings. The van der Waals surface area contributed by atoms with Crippen LogP contribution in [0.1, 0.15) is 57.9 Å². The summed E-state index contributed by atoms with van der Waals surface area (Å²) in [6.45, 7) is 6.27. The molecule has 25 heavy (non-hydrogen) atoms. The minimum absolute atomic E-state index is 0.448. The van der Waals surface area contributed by atoms with Crippen molar-refractivity contribution in [3.8, 4) is 5.75 Å². The number of hydrogen-bond acceptors (Lipinski definition) is 3. The molecule has 4 bridgehead atoms. The van der Waals surface area contributed by atoms with E-state index in [2.05, 4.69) is 43.4 Å². The highest BCUT2D eigenvalue weighted by atomic mass is 32.2. The van der Waals surface area contributed by atoms with Crippen molar-refractivity contribution in [2.24, 2.45) is 16.7 Å². The van der Waals surface area contributed by atoms with Crippen molar-refractivity contribution in [3.63, 3.8) is 0 Å². The molecule has 0 saturated heterocycles. The molecule has 1 N–H and O–H groups in total. The highest BCUT2D eigenvalue weighted by Gasteiger charge is 2.59. The van der Waals surface area contributed by atoms with Crippen molar-refractivity contribution in [2.45, 2.75) is 63.7 Å². The summed E-state index contributed by atoms with van der Waals surface area (Å²) in [4.78, 5) is 0. The first-order valence-corrected chi connectivity index (χ1v) is 11.0. The number of methoxy groups -OCH3 is 1. The van der Waals surface area contributed by atoms with Gasteiger partial charge < -0.3 is 10.1 Å². The lowest BCUT2D eigenvalue weighted by atomic mass is 9.43. The molecule has 0 aromatic heterocycles. The number of hydrogen-bond donors (Lipinski definition) is 1. The van der Waals surface area contributed by atoms with Gasteiger partial charge >= 0.3 is 0 Å². The van der Waals surface area contributed by atoms with Gasteiger partial charge in [-0.3, -0.25) is 0 Å². The quantitative estimate of drug-likeness (QED) is 0.670. The van der Waals surface area contributed by atoms with E-state index in [9.17, 15) is 0 Å². The Labute approximate surface area is 157 Å². The SMILES string of the molecule is COc1ccc(CSCCNC23CC4CC(C)(CC(C)(C4)C2)C3)cc1. The van der Waals surface area contributed by atoms with Gasteiger partial charge in [0.2, 0.25) is 0 Å². The molecule has 4 aliphatic carbocycles. The number of ether oxygens (including phenoxy) is 1. The Morgan fingerprint density at radius 3 is 2.32 bits per heavy atom. The van der Waals surface area contributed by atoms with Gasteiger partial charge in [-0.05, 0) is 73.0 Å². The zero-order valence-electron chi connectivity index (χ0n) is 16.1. The van der Waals surface area contributed by atoms with Crippen LogP contribution in [0.15, 0.2) is 24.3 Å². The summed E-state index contributed by atoms with van der Waals surface area (Å²) in [6, 6.07) is 8.48. The van der Waals surface area contributed by atoms with Gasteiger partial charge in [-0.25, -0.2) is 0 Å². The fourth-order valence-corrected chi connectivity index (χ4v) is 7.76. The molecule has 4 fully saturated rings. The first-order chi connectivity index (χ1) is 11.9. The third kappa shape index (κ3) is 3.73. The second kappa shape index (κ2) is 6.49. The molecule has 0 spiro atoms. The standard InChI is InChI=1S/C22H33NOS/c1-20-10-18-11-21(2,14-20)16-22(12-18,15-20)23-8-9-25-13-17-4-6-19(24-3)7-5-17/h4-7,18,23H,8-16H2,1-3H3. The summed E-state index contributed by atoms with van der Waals surface area (Å²) < 4.78 is 5.23. The van der Waals surface area contributed by atoms with Gasteiger partial charge in [0.25, 0.3) is 0 Å². The van der Waals surface area contributed by atoms with Gasteiger partial charge in [0.1, 0.15) is 5.75 Å². The Hall–Kier alpha value is -0.670. The van der Waals surface area contributed by atoms with Crippen molar-refractivity contribution in [1.82, 2.24) is 5.32 Å². The van der Waals surface area contributed by atoms with E-state index in [1.807, 2.05) is 11.8 Å². The van der Waals surface area contributed by atoms with Crippen LogP contribution in [0.2, 0.25) is 0 Å². The molecule has 3 heteroatoms. The topological polar surface area (TPSA) is 21.3 Å². The molecule has 4 saturated carbocycles. The predicted octanol–water partition coefficient (Wildman–Crippen LogP) is 5.27. The lowest BCUT2D eigenvalue weighted by molar-refractivity contribution is -0.117. The van der Waals surface area contributed by atoms with Gasteiger partial charge in [-0.2, -0.15) is 11.8 Å². The number of nitrogens with one attached hydrogen (secondary N) is 1. The molecule has 138 valence electrons.